The zero-order valence-electron chi connectivity index (χ0n) is 13.7. The third-order valence-electron chi connectivity index (χ3n) is 4.41. The third-order valence-corrected chi connectivity index (χ3v) is 4.41. The molecular weight excluding hydrogens is 330 g/mol. The molecule has 24 heavy (non-hydrogen) atoms. The van der Waals surface area contributed by atoms with Crippen LogP contribution in [-0.2, 0) is 4.79 Å². The molecule has 2 aliphatic heterocycles. The molecular formula is C17H22ClN3O3. The Morgan fingerprint density at radius 3 is 2.25 bits per heavy atom. The first-order chi connectivity index (χ1) is 11.0. The van der Waals surface area contributed by atoms with Crippen molar-refractivity contribution in [3.63, 3.8) is 0 Å². The summed E-state index contributed by atoms with van der Waals surface area (Å²) in [4.78, 5) is 39.0. The monoisotopic (exact) mass is 351 g/mol. The number of nitrogens with one attached hydrogen (secondary N) is 2. The van der Waals surface area contributed by atoms with Gasteiger partial charge >= 0.3 is 0 Å². The van der Waals surface area contributed by atoms with Crippen LogP contribution in [-0.4, -0.2) is 47.8 Å². The number of carbonyl (C=O) groups excluding carboxylic acids is 3. The lowest BCUT2D eigenvalue weighted by Gasteiger charge is -2.29. The van der Waals surface area contributed by atoms with Crippen LogP contribution < -0.4 is 10.6 Å². The van der Waals surface area contributed by atoms with Crippen molar-refractivity contribution in [1.29, 1.82) is 0 Å². The topological polar surface area (TPSA) is 78.5 Å². The molecule has 0 saturated carbocycles. The summed E-state index contributed by atoms with van der Waals surface area (Å²) in [5.41, 5.74) is 0.747. The van der Waals surface area contributed by atoms with Crippen LogP contribution in [0.1, 0.15) is 41.0 Å². The van der Waals surface area contributed by atoms with E-state index in [4.69, 9.17) is 0 Å². The van der Waals surface area contributed by atoms with Crippen molar-refractivity contribution in [3.05, 3.63) is 35.4 Å². The van der Waals surface area contributed by atoms with Crippen molar-refractivity contribution < 1.29 is 14.4 Å². The summed E-state index contributed by atoms with van der Waals surface area (Å²) in [5, 5.41) is 6.14. The highest BCUT2D eigenvalue weighted by atomic mass is 35.5. The molecule has 0 spiro atoms. The first kappa shape index (κ1) is 18.4. The van der Waals surface area contributed by atoms with E-state index in [1.165, 1.54) is 0 Å². The van der Waals surface area contributed by atoms with Gasteiger partial charge in [0.25, 0.3) is 11.8 Å². The van der Waals surface area contributed by atoms with Crippen LogP contribution >= 0.6 is 12.4 Å². The van der Waals surface area contributed by atoms with E-state index in [2.05, 4.69) is 10.6 Å². The van der Waals surface area contributed by atoms with Crippen LogP contribution in [0.25, 0.3) is 0 Å². The van der Waals surface area contributed by atoms with Crippen molar-refractivity contribution in [2.45, 2.75) is 32.4 Å². The Kier molecular flexibility index (Phi) is 5.62. The minimum absolute atomic E-state index is 0. The summed E-state index contributed by atoms with van der Waals surface area (Å²) in [6, 6.07) is 5.98. The number of amides is 3. The van der Waals surface area contributed by atoms with E-state index in [1.54, 1.807) is 24.3 Å². The van der Waals surface area contributed by atoms with Gasteiger partial charge in [0, 0.05) is 12.6 Å². The van der Waals surface area contributed by atoms with Gasteiger partial charge in [0.1, 0.15) is 6.04 Å². The van der Waals surface area contributed by atoms with E-state index in [-0.39, 0.29) is 42.1 Å². The summed E-state index contributed by atoms with van der Waals surface area (Å²) in [6.07, 6.45) is 0.860. The maximum atomic E-state index is 12.7. The fraction of sp³-hybridized carbons (Fsp3) is 0.471. The van der Waals surface area contributed by atoms with Gasteiger partial charge in [-0.15, -0.1) is 12.4 Å². The Labute approximate surface area is 147 Å². The zero-order chi connectivity index (χ0) is 16.6. The van der Waals surface area contributed by atoms with Gasteiger partial charge in [-0.3, -0.25) is 19.3 Å². The molecule has 1 fully saturated rings. The number of benzene rings is 1. The maximum absolute atomic E-state index is 12.7. The smallest absolute Gasteiger partial charge is 0.262 e. The van der Waals surface area contributed by atoms with Crippen molar-refractivity contribution in [3.8, 4) is 0 Å². The highest BCUT2D eigenvalue weighted by Gasteiger charge is 2.44. The molecule has 2 N–H and O–H groups in total. The first-order valence-corrected chi connectivity index (χ1v) is 7.98. The van der Waals surface area contributed by atoms with Crippen LogP contribution in [0.15, 0.2) is 24.3 Å². The Bertz CT molecular complexity index is 621. The van der Waals surface area contributed by atoms with Gasteiger partial charge in [-0.1, -0.05) is 26.0 Å². The average molecular weight is 352 g/mol. The van der Waals surface area contributed by atoms with E-state index in [9.17, 15) is 14.4 Å². The van der Waals surface area contributed by atoms with Gasteiger partial charge < -0.3 is 10.6 Å². The number of carbonyl (C=O) groups is 3. The largest absolute Gasteiger partial charge is 0.350 e. The van der Waals surface area contributed by atoms with Crippen LogP contribution in [0.3, 0.4) is 0 Å². The number of hydrogen-bond donors (Lipinski definition) is 2. The average Bonchev–Trinajstić information content (AvgIpc) is 3.10. The van der Waals surface area contributed by atoms with Gasteiger partial charge in [0.15, 0.2) is 0 Å². The lowest BCUT2D eigenvalue weighted by Crippen LogP contribution is -2.54. The Hall–Kier alpha value is -1.92. The van der Waals surface area contributed by atoms with Crippen molar-refractivity contribution in [2.75, 3.05) is 13.1 Å². The Morgan fingerprint density at radius 1 is 1.21 bits per heavy atom. The molecule has 1 aromatic rings. The molecule has 0 bridgehead atoms. The normalized spacial score (nSPS) is 20.8. The second-order valence-corrected chi connectivity index (χ2v) is 6.41. The standard InChI is InChI=1S/C17H21N3O3.ClH/c1-10(2)14(15(21)19-11-7-8-18-9-11)20-16(22)12-5-3-4-6-13(12)17(20)23;/h3-6,10-11,14,18H,7-9H2,1-2H3,(H,19,21);1H. The predicted octanol–water partition coefficient (Wildman–Crippen LogP) is 1.21. The second kappa shape index (κ2) is 7.32. The second-order valence-electron chi connectivity index (χ2n) is 6.41. The predicted molar refractivity (Wildman–Crippen MR) is 92.2 cm³/mol. The van der Waals surface area contributed by atoms with Gasteiger partial charge in [-0.25, -0.2) is 0 Å². The molecule has 3 rings (SSSR count). The van der Waals surface area contributed by atoms with Gasteiger partial charge in [-0.2, -0.15) is 0 Å². The molecule has 2 aliphatic rings. The zero-order valence-corrected chi connectivity index (χ0v) is 14.6. The summed E-state index contributed by atoms with van der Waals surface area (Å²) in [6.45, 7) is 5.28. The van der Waals surface area contributed by atoms with E-state index in [0.29, 0.717) is 11.1 Å². The van der Waals surface area contributed by atoms with Crippen LogP contribution in [0.2, 0.25) is 0 Å². The van der Waals surface area contributed by atoms with Crippen LogP contribution in [0, 0.1) is 5.92 Å². The molecule has 2 unspecified atom stereocenters. The molecule has 2 atom stereocenters. The first-order valence-electron chi connectivity index (χ1n) is 7.98. The summed E-state index contributed by atoms with van der Waals surface area (Å²) >= 11 is 0. The van der Waals surface area contributed by atoms with Gasteiger partial charge in [-0.05, 0) is 31.0 Å². The molecule has 7 heteroatoms. The molecule has 2 heterocycles. The van der Waals surface area contributed by atoms with Gasteiger partial charge in [0.2, 0.25) is 5.91 Å². The lowest BCUT2D eigenvalue weighted by molar-refractivity contribution is -0.126. The highest BCUT2D eigenvalue weighted by Crippen LogP contribution is 2.27. The van der Waals surface area contributed by atoms with Gasteiger partial charge in [0.05, 0.1) is 11.1 Å². The van der Waals surface area contributed by atoms with E-state index in [0.717, 1.165) is 24.4 Å². The van der Waals surface area contributed by atoms with Crippen molar-refractivity contribution in [1.82, 2.24) is 15.5 Å². The minimum Gasteiger partial charge on any atom is -0.350 e. The number of imide groups is 1. The highest BCUT2D eigenvalue weighted by molar-refractivity contribution is 6.22. The summed E-state index contributed by atoms with van der Waals surface area (Å²) in [5.74, 6) is -1.19. The fourth-order valence-corrected chi connectivity index (χ4v) is 3.24. The minimum atomic E-state index is -0.789. The number of halogens is 1. The number of hydrogen-bond acceptors (Lipinski definition) is 4. The van der Waals surface area contributed by atoms with Crippen molar-refractivity contribution in [2.24, 2.45) is 5.92 Å². The molecule has 6 nitrogen and oxygen atoms in total. The van der Waals surface area contributed by atoms with Crippen molar-refractivity contribution >= 4 is 30.1 Å². The molecule has 0 radical (unpaired) electrons. The molecule has 1 aromatic carbocycles. The number of rotatable bonds is 4. The molecule has 0 aromatic heterocycles. The molecule has 3 amide bonds. The molecule has 1 saturated heterocycles. The Balaban J connectivity index is 0.00000208. The molecule has 0 aliphatic carbocycles. The number of fused-ring (bicyclic) bond motifs is 1. The number of nitrogens with zero attached hydrogens (tertiary/aromatic N) is 1. The maximum Gasteiger partial charge on any atom is 0.262 e. The SMILES string of the molecule is CC(C)C(C(=O)NC1CCNC1)N1C(=O)c2ccccc2C1=O.Cl. The summed E-state index contributed by atoms with van der Waals surface area (Å²) in [7, 11) is 0. The van der Waals surface area contributed by atoms with E-state index >= 15 is 0 Å². The van der Waals surface area contributed by atoms with Crippen LogP contribution in [0.5, 0.6) is 0 Å². The van der Waals surface area contributed by atoms with Crippen LogP contribution in [0.4, 0.5) is 0 Å². The molecule has 130 valence electrons. The van der Waals surface area contributed by atoms with E-state index < -0.39 is 6.04 Å². The summed E-state index contributed by atoms with van der Waals surface area (Å²) < 4.78 is 0. The fourth-order valence-electron chi connectivity index (χ4n) is 3.24. The lowest BCUT2D eigenvalue weighted by atomic mass is 10.0. The van der Waals surface area contributed by atoms with E-state index in [1.807, 2.05) is 13.8 Å². The third kappa shape index (κ3) is 3.16. The quantitative estimate of drug-likeness (QED) is 0.799. The Morgan fingerprint density at radius 2 is 1.79 bits per heavy atom.